The van der Waals surface area contributed by atoms with Crippen molar-refractivity contribution in [2.24, 2.45) is 11.8 Å². The van der Waals surface area contributed by atoms with Crippen LogP contribution >= 0.6 is 0 Å². The van der Waals surface area contributed by atoms with Gasteiger partial charge in [-0.1, -0.05) is 24.3 Å². The van der Waals surface area contributed by atoms with Crippen LogP contribution in [-0.4, -0.2) is 17.7 Å². The normalized spacial score (nSPS) is 23.0. The van der Waals surface area contributed by atoms with Crippen LogP contribution in [0.3, 0.4) is 0 Å². The van der Waals surface area contributed by atoms with E-state index in [2.05, 4.69) is 35.5 Å². The molecule has 1 aliphatic rings. The van der Waals surface area contributed by atoms with Gasteiger partial charge in [0.15, 0.2) is 0 Å². The van der Waals surface area contributed by atoms with E-state index in [-0.39, 0.29) is 6.04 Å². The number of hydrazine groups is 1. The van der Waals surface area contributed by atoms with E-state index >= 15 is 0 Å². The second-order valence-corrected chi connectivity index (χ2v) is 5.82. The lowest BCUT2D eigenvalue weighted by Gasteiger charge is -2.37. The smallest absolute Gasteiger partial charge is 0.0580 e. The highest BCUT2D eigenvalue weighted by atomic mass is 16.5. The molecule has 4 heteroatoms. The monoisotopic (exact) mass is 285 g/mol. The van der Waals surface area contributed by atoms with Crippen LogP contribution in [0.25, 0.3) is 10.8 Å². The van der Waals surface area contributed by atoms with E-state index < -0.39 is 0 Å². The Morgan fingerprint density at radius 3 is 2.90 bits per heavy atom. The van der Waals surface area contributed by atoms with Crippen molar-refractivity contribution in [2.75, 3.05) is 6.61 Å². The Bertz CT molecular complexity index is 590. The summed E-state index contributed by atoms with van der Waals surface area (Å²) in [6.45, 7) is 2.86. The Kier molecular flexibility index (Phi) is 4.48. The quantitative estimate of drug-likeness (QED) is 0.633. The van der Waals surface area contributed by atoms with Crippen molar-refractivity contribution in [2.45, 2.75) is 38.3 Å². The average molecular weight is 285 g/mol. The molecule has 0 aliphatic heterocycles. The largest absolute Gasteiger partial charge is 0.378 e. The zero-order valence-electron chi connectivity index (χ0n) is 12.5. The SMILES string of the molecule is CCOC1CC(CC(NN)c2cncc3ccccc23)C1. The summed E-state index contributed by atoms with van der Waals surface area (Å²) in [5.74, 6) is 6.49. The highest BCUT2D eigenvalue weighted by molar-refractivity contribution is 5.85. The number of benzene rings is 1. The molecule has 0 spiro atoms. The maximum absolute atomic E-state index is 5.81. The summed E-state index contributed by atoms with van der Waals surface area (Å²) in [4.78, 5) is 4.36. The summed E-state index contributed by atoms with van der Waals surface area (Å²) in [5, 5.41) is 2.40. The van der Waals surface area contributed by atoms with Crippen molar-refractivity contribution in [1.29, 1.82) is 0 Å². The van der Waals surface area contributed by atoms with Crippen LogP contribution in [0.4, 0.5) is 0 Å². The zero-order valence-corrected chi connectivity index (χ0v) is 12.5. The lowest BCUT2D eigenvalue weighted by Crippen LogP contribution is -2.36. The third-order valence-electron chi connectivity index (χ3n) is 4.44. The van der Waals surface area contributed by atoms with Crippen LogP contribution in [0.2, 0.25) is 0 Å². The van der Waals surface area contributed by atoms with E-state index in [1.807, 2.05) is 18.5 Å². The topological polar surface area (TPSA) is 60.2 Å². The molecule has 1 aromatic carbocycles. The number of nitrogens with zero attached hydrogens (tertiary/aromatic N) is 1. The first kappa shape index (κ1) is 14.4. The molecule has 1 aromatic heterocycles. The van der Waals surface area contributed by atoms with Crippen molar-refractivity contribution in [3.63, 3.8) is 0 Å². The van der Waals surface area contributed by atoms with E-state index in [1.165, 1.54) is 10.9 Å². The first-order chi connectivity index (χ1) is 10.3. The molecule has 3 rings (SSSR count). The number of pyridine rings is 1. The predicted octanol–water partition coefficient (Wildman–Crippen LogP) is 2.94. The Hall–Kier alpha value is -1.49. The number of nitrogens with two attached hydrogens (primary N) is 1. The second-order valence-electron chi connectivity index (χ2n) is 5.82. The van der Waals surface area contributed by atoms with Crippen LogP contribution in [0.5, 0.6) is 0 Å². The maximum Gasteiger partial charge on any atom is 0.0580 e. The minimum Gasteiger partial charge on any atom is -0.378 e. The molecule has 2 aromatic rings. The summed E-state index contributed by atoms with van der Waals surface area (Å²) in [5.41, 5.74) is 4.17. The van der Waals surface area contributed by atoms with Crippen LogP contribution in [0.15, 0.2) is 36.7 Å². The highest BCUT2D eigenvalue weighted by Crippen LogP contribution is 2.37. The van der Waals surface area contributed by atoms with E-state index in [0.717, 1.165) is 31.3 Å². The van der Waals surface area contributed by atoms with Crippen LogP contribution in [-0.2, 0) is 4.74 Å². The molecule has 0 amide bonds. The molecule has 1 fully saturated rings. The van der Waals surface area contributed by atoms with Gasteiger partial charge in [-0.3, -0.25) is 16.3 Å². The highest BCUT2D eigenvalue weighted by Gasteiger charge is 2.31. The van der Waals surface area contributed by atoms with Gasteiger partial charge in [-0.15, -0.1) is 0 Å². The van der Waals surface area contributed by atoms with Crippen molar-refractivity contribution < 1.29 is 4.74 Å². The number of fused-ring (bicyclic) bond motifs is 1. The fourth-order valence-electron chi connectivity index (χ4n) is 3.27. The number of hydrogen-bond acceptors (Lipinski definition) is 4. The first-order valence-electron chi connectivity index (χ1n) is 7.72. The van der Waals surface area contributed by atoms with Gasteiger partial charge in [0.2, 0.25) is 0 Å². The Balaban J connectivity index is 1.74. The first-order valence-corrected chi connectivity index (χ1v) is 7.72. The summed E-state index contributed by atoms with van der Waals surface area (Å²) in [6, 6.07) is 8.48. The molecule has 0 radical (unpaired) electrons. The molecule has 112 valence electrons. The van der Waals surface area contributed by atoms with Gasteiger partial charge < -0.3 is 4.74 Å². The average Bonchev–Trinajstić information content (AvgIpc) is 2.49. The third-order valence-corrected chi connectivity index (χ3v) is 4.44. The maximum atomic E-state index is 5.81. The number of hydrogen-bond donors (Lipinski definition) is 2. The lowest BCUT2D eigenvalue weighted by molar-refractivity contribution is -0.0291. The molecular formula is C17H23N3O. The van der Waals surface area contributed by atoms with Gasteiger partial charge >= 0.3 is 0 Å². The molecular weight excluding hydrogens is 262 g/mol. The van der Waals surface area contributed by atoms with Crippen LogP contribution in [0, 0.1) is 5.92 Å². The number of ether oxygens (including phenoxy) is 1. The minimum absolute atomic E-state index is 0.149. The molecule has 4 nitrogen and oxygen atoms in total. The summed E-state index contributed by atoms with van der Waals surface area (Å²) in [7, 11) is 0. The molecule has 0 bridgehead atoms. The lowest BCUT2D eigenvalue weighted by atomic mass is 9.77. The molecule has 1 atom stereocenters. The molecule has 1 heterocycles. The van der Waals surface area contributed by atoms with Crippen molar-refractivity contribution in [3.8, 4) is 0 Å². The van der Waals surface area contributed by atoms with Crippen molar-refractivity contribution in [1.82, 2.24) is 10.4 Å². The Labute approximate surface area is 125 Å². The van der Waals surface area contributed by atoms with Crippen molar-refractivity contribution >= 4 is 10.8 Å². The summed E-state index contributed by atoms with van der Waals surface area (Å²) < 4.78 is 5.64. The number of aromatic nitrogens is 1. The van der Waals surface area contributed by atoms with E-state index in [0.29, 0.717) is 12.0 Å². The minimum atomic E-state index is 0.149. The van der Waals surface area contributed by atoms with Gasteiger partial charge in [-0.2, -0.15) is 0 Å². The number of nitrogens with one attached hydrogen (secondary N) is 1. The zero-order chi connectivity index (χ0) is 14.7. The molecule has 3 N–H and O–H groups in total. The van der Waals surface area contributed by atoms with Crippen molar-refractivity contribution in [3.05, 3.63) is 42.2 Å². The molecule has 1 saturated carbocycles. The van der Waals surface area contributed by atoms with Gasteiger partial charge in [0.25, 0.3) is 0 Å². The molecule has 0 saturated heterocycles. The number of rotatable bonds is 6. The van der Waals surface area contributed by atoms with Gasteiger partial charge in [-0.05, 0) is 43.1 Å². The van der Waals surface area contributed by atoms with E-state index in [9.17, 15) is 0 Å². The van der Waals surface area contributed by atoms with Gasteiger partial charge in [0.1, 0.15) is 0 Å². The molecule has 1 aliphatic carbocycles. The van der Waals surface area contributed by atoms with E-state index in [4.69, 9.17) is 10.6 Å². The Morgan fingerprint density at radius 2 is 2.14 bits per heavy atom. The third kappa shape index (κ3) is 3.07. The van der Waals surface area contributed by atoms with Crippen LogP contribution in [0.1, 0.15) is 37.8 Å². The molecule has 21 heavy (non-hydrogen) atoms. The standard InChI is InChI=1S/C17H23N3O/c1-2-21-14-7-12(8-14)9-17(20-18)16-11-19-10-13-5-3-4-6-15(13)16/h3-6,10-12,14,17,20H,2,7-9,18H2,1H3. The van der Waals surface area contributed by atoms with Crippen LogP contribution < -0.4 is 11.3 Å². The summed E-state index contributed by atoms with van der Waals surface area (Å²) >= 11 is 0. The fraction of sp³-hybridized carbons (Fsp3) is 0.471. The van der Waals surface area contributed by atoms with Gasteiger partial charge in [0.05, 0.1) is 6.10 Å². The summed E-state index contributed by atoms with van der Waals surface area (Å²) in [6.07, 6.45) is 7.61. The second kappa shape index (κ2) is 6.52. The predicted molar refractivity (Wildman–Crippen MR) is 84.6 cm³/mol. The molecule has 1 unspecified atom stereocenters. The fourth-order valence-corrected chi connectivity index (χ4v) is 3.27. The van der Waals surface area contributed by atoms with E-state index in [1.54, 1.807) is 0 Å². The van der Waals surface area contributed by atoms with Gasteiger partial charge in [-0.25, -0.2) is 0 Å². The Morgan fingerprint density at radius 1 is 1.33 bits per heavy atom. The van der Waals surface area contributed by atoms with Gasteiger partial charge in [0, 0.05) is 30.4 Å².